The van der Waals surface area contributed by atoms with Gasteiger partial charge in [-0.15, -0.1) is 12.4 Å². The maximum Gasteiger partial charge on any atom is 0.160 e. The summed E-state index contributed by atoms with van der Waals surface area (Å²) in [4.78, 5) is 0. The first-order valence-corrected chi connectivity index (χ1v) is 8.34. The average Bonchev–Trinajstić information content (AvgIpc) is 2.60. The van der Waals surface area contributed by atoms with Crippen LogP contribution in [0, 0.1) is 0 Å². The van der Waals surface area contributed by atoms with Crippen LogP contribution in [0.25, 0.3) is 0 Å². The Morgan fingerprint density at radius 1 is 0.960 bits per heavy atom. The van der Waals surface area contributed by atoms with Crippen LogP contribution in [0.4, 0.5) is 0 Å². The van der Waals surface area contributed by atoms with Gasteiger partial charge in [0.2, 0.25) is 0 Å². The SMILES string of the molecule is COc1ccc(CCC(C)NCCc2ccc(OC)c(O)c2)cc1.Cl. The lowest BCUT2D eigenvalue weighted by atomic mass is 10.1. The summed E-state index contributed by atoms with van der Waals surface area (Å²) in [5.74, 6) is 1.61. The predicted octanol–water partition coefficient (Wildman–Crippen LogP) is 3.98. The summed E-state index contributed by atoms with van der Waals surface area (Å²) < 4.78 is 10.2. The van der Waals surface area contributed by atoms with Gasteiger partial charge in [-0.1, -0.05) is 18.2 Å². The number of rotatable bonds is 9. The van der Waals surface area contributed by atoms with Crippen molar-refractivity contribution >= 4 is 12.4 Å². The number of hydrogen-bond acceptors (Lipinski definition) is 4. The molecule has 0 bridgehead atoms. The van der Waals surface area contributed by atoms with E-state index in [0.717, 1.165) is 37.1 Å². The number of phenolic OH excluding ortho intramolecular Hbond substituents is 1. The summed E-state index contributed by atoms with van der Waals surface area (Å²) in [7, 11) is 3.24. The highest BCUT2D eigenvalue weighted by Crippen LogP contribution is 2.26. The molecule has 1 unspecified atom stereocenters. The number of aromatic hydroxyl groups is 1. The van der Waals surface area contributed by atoms with Gasteiger partial charge in [-0.05, 0) is 68.1 Å². The minimum Gasteiger partial charge on any atom is -0.504 e. The number of nitrogens with one attached hydrogen (secondary N) is 1. The molecule has 0 saturated heterocycles. The van der Waals surface area contributed by atoms with Crippen LogP contribution in [0.15, 0.2) is 42.5 Å². The van der Waals surface area contributed by atoms with Crippen molar-refractivity contribution in [3.63, 3.8) is 0 Å². The molecule has 0 aliphatic heterocycles. The van der Waals surface area contributed by atoms with Crippen molar-refractivity contribution in [3.8, 4) is 17.2 Å². The second-order valence-corrected chi connectivity index (χ2v) is 6.00. The monoisotopic (exact) mass is 365 g/mol. The fourth-order valence-electron chi connectivity index (χ4n) is 2.63. The fraction of sp³-hybridized carbons (Fsp3) is 0.400. The normalized spacial score (nSPS) is 11.5. The number of hydrogen-bond donors (Lipinski definition) is 2. The summed E-state index contributed by atoms with van der Waals surface area (Å²) in [6.07, 6.45) is 3.01. The molecule has 2 aromatic carbocycles. The zero-order valence-corrected chi connectivity index (χ0v) is 15.9. The number of phenols is 1. The second kappa shape index (κ2) is 10.9. The number of ether oxygens (including phenoxy) is 2. The molecule has 1 atom stereocenters. The van der Waals surface area contributed by atoms with Gasteiger partial charge in [-0.25, -0.2) is 0 Å². The number of halogens is 1. The minimum atomic E-state index is 0. The van der Waals surface area contributed by atoms with Gasteiger partial charge in [0, 0.05) is 6.04 Å². The molecule has 0 radical (unpaired) electrons. The third kappa shape index (κ3) is 6.85. The van der Waals surface area contributed by atoms with E-state index >= 15 is 0 Å². The molecule has 138 valence electrons. The quantitative estimate of drug-likeness (QED) is 0.705. The summed E-state index contributed by atoms with van der Waals surface area (Å²) in [5, 5.41) is 13.3. The van der Waals surface area contributed by atoms with Crippen LogP contribution >= 0.6 is 12.4 Å². The Hall–Kier alpha value is -1.91. The van der Waals surface area contributed by atoms with Crippen LogP contribution in [-0.2, 0) is 12.8 Å². The summed E-state index contributed by atoms with van der Waals surface area (Å²) >= 11 is 0. The van der Waals surface area contributed by atoms with Crippen LogP contribution in [0.5, 0.6) is 17.2 Å². The highest BCUT2D eigenvalue weighted by Gasteiger charge is 2.05. The third-order valence-electron chi connectivity index (χ3n) is 4.17. The van der Waals surface area contributed by atoms with Crippen molar-refractivity contribution in [2.45, 2.75) is 32.2 Å². The Morgan fingerprint density at radius 2 is 1.64 bits per heavy atom. The van der Waals surface area contributed by atoms with E-state index in [0.29, 0.717) is 11.8 Å². The maximum atomic E-state index is 9.79. The van der Waals surface area contributed by atoms with Crippen molar-refractivity contribution in [3.05, 3.63) is 53.6 Å². The topological polar surface area (TPSA) is 50.7 Å². The zero-order valence-electron chi connectivity index (χ0n) is 15.1. The first-order chi connectivity index (χ1) is 11.6. The van der Waals surface area contributed by atoms with E-state index in [9.17, 15) is 5.11 Å². The summed E-state index contributed by atoms with van der Waals surface area (Å²) in [5.41, 5.74) is 2.42. The minimum absolute atomic E-state index is 0. The van der Waals surface area contributed by atoms with Crippen LogP contribution in [0.1, 0.15) is 24.5 Å². The molecule has 2 aromatic rings. The fourth-order valence-corrected chi connectivity index (χ4v) is 2.63. The Kier molecular flexibility index (Phi) is 9.17. The Morgan fingerprint density at radius 3 is 2.24 bits per heavy atom. The zero-order chi connectivity index (χ0) is 17.4. The van der Waals surface area contributed by atoms with Gasteiger partial charge in [-0.2, -0.15) is 0 Å². The molecule has 0 fully saturated rings. The average molecular weight is 366 g/mol. The number of benzene rings is 2. The van der Waals surface area contributed by atoms with Gasteiger partial charge in [0.1, 0.15) is 5.75 Å². The molecule has 0 heterocycles. The van der Waals surface area contributed by atoms with Crippen molar-refractivity contribution in [1.29, 1.82) is 0 Å². The first-order valence-electron chi connectivity index (χ1n) is 8.34. The molecule has 2 rings (SSSR count). The lowest BCUT2D eigenvalue weighted by molar-refractivity contribution is 0.373. The van der Waals surface area contributed by atoms with Gasteiger partial charge in [0.15, 0.2) is 11.5 Å². The van der Waals surface area contributed by atoms with Crippen molar-refractivity contribution < 1.29 is 14.6 Å². The van der Waals surface area contributed by atoms with Gasteiger partial charge in [-0.3, -0.25) is 0 Å². The molecule has 25 heavy (non-hydrogen) atoms. The van der Waals surface area contributed by atoms with Crippen LogP contribution < -0.4 is 14.8 Å². The maximum absolute atomic E-state index is 9.79. The first kappa shape index (κ1) is 21.1. The lowest BCUT2D eigenvalue weighted by Crippen LogP contribution is -2.28. The van der Waals surface area contributed by atoms with Gasteiger partial charge >= 0.3 is 0 Å². The van der Waals surface area contributed by atoms with Gasteiger partial charge in [0.05, 0.1) is 14.2 Å². The standard InChI is InChI=1S/C20H27NO3.ClH/c1-15(4-5-16-6-9-18(23-2)10-7-16)21-13-12-17-8-11-20(24-3)19(22)14-17;/h6-11,14-15,21-22H,4-5,12-13H2,1-3H3;1H. The van der Waals surface area contributed by atoms with Gasteiger partial charge in [0.25, 0.3) is 0 Å². The van der Waals surface area contributed by atoms with Crippen LogP contribution in [-0.4, -0.2) is 31.9 Å². The van der Waals surface area contributed by atoms with Crippen molar-refractivity contribution in [1.82, 2.24) is 5.32 Å². The van der Waals surface area contributed by atoms with E-state index in [-0.39, 0.29) is 18.2 Å². The Labute approximate surface area is 156 Å². The van der Waals surface area contributed by atoms with E-state index in [2.05, 4.69) is 24.4 Å². The molecule has 2 N–H and O–H groups in total. The van der Waals surface area contributed by atoms with Gasteiger partial charge < -0.3 is 19.9 Å². The molecule has 0 saturated carbocycles. The van der Waals surface area contributed by atoms with E-state index in [1.807, 2.05) is 18.2 Å². The third-order valence-corrected chi connectivity index (χ3v) is 4.17. The van der Waals surface area contributed by atoms with E-state index in [4.69, 9.17) is 9.47 Å². The van der Waals surface area contributed by atoms with E-state index in [1.165, 1.54) is 5.56 Å². The Balaban J connectivity index is 0.00000312. The van der Waals surface area contributed by atoms with Crippen LogP contribution in [0.3, 0.4) is 0 Å². The second-order valence-electron chi connectivity index (χ2n) is 6.00. The molecular weight excluding hydrogens is 338 g/mol. The number of aryl methyl sites for hydroxylation is 1. The van der Waals surface area contributed by atoms with Crippen molar-refractivity contribution in [2.75, 3.05) is 20.8 Å². The molecule has 0 aliphatic carbocycles. The van der Waals surface area contributed by atoms with E-state index in [1.54, 1.807) is 26.4 Å². The number of methoxy groups -OCH3 is 2. The molecule has 0 spiro atoms. The Bertz CT molecular complexity index is 631. The largest absolute Gasteiger partial charge is 0.504 e. The summed E-state index contributed by atoms with van der Waals surface area (Å²) in [6, 6.07) is 14.2. The molecular formula is C20H28ClNO3. The highest BCUT2D eigenvalue weighted by molar-refractivity contribution is 5.85. The van der Waals surface area contributed by atoms with Crippen molar-refractivity contribution in [2.24, 2.45) is 0 Å². The molecule has 0 aliphatic rings. The molecule has 4 nitrogen and oxygen atoms in total. The molecule has 5 heteroatoms. The lowest BCUT2D eigenvalue weighted by Gasteiger charge is -2.14. The molecule has 0 amide bonds. The summed E-state index contributed by atoms with van der Waals surface area (Å²) in [6.45, 7) is 3.09. The smallest absolute Gasteiger partial charge is 0.160 e. The van der Waals surface area contributed by atoms with E-state index < -0.39 is 0 Å². The highest BCUT2D eigenvalue weighted by atomic mass is 35.5. The predicted molar refractivity (Wildman–Crippen MR) is 104 cm³/mol. The van der Waals surface area contributed by atoms with Crippen LogP contribution in [0.2, 0.25) is 0 Å². The molecule has 0 aromatic heterocycles.